The van der Waals surface area contributed by atoms with Crippen molar-refractivity contribution in [3.8, 4) is 11.8 Å². The highest BCUT2D eigenvalue weighted by Crippen LogP contribution is 2.65. The van der Waals surface area contributed by atoms with Gasteiger partial charge in [-0.1, -0.05) is 42.7 Å². The minimum Gasteiger partial charge on any atom is -0.392 e. The molecule has 1 N–H and O–H groups in total. The number of benzene rings is 1. The van der Waals surface area contributed by atoms with Crippen LogP contribution in [-0.4, -0.2) is 17.0 Å². The Labute approximate surface area is 174 Å². The zero-order chi connectivity index (χ0) is 20.2. The molecule has 2 nitrogen and oxygen atoms in total. The van der Waals surface area contributed by atoms with Crippen LogP contribution < -0.4 is 0 Å². The van der Waals surface area contributed by atoms with E-state index in [4.69, 9.17) is 0 Å². The SMILES string of the molecule is CC#CC1CC[C@H]2[C@H]3C(=C4CCC(=O)C=C4CC3O)C(c3[c]cccc3)C[C@]12C. The summed E-state index contributed by atoms with van der Waals surface area (Å²) in [6.45, 7) is 4.36. The van der Waals surface area contributed by atoms with Crippen LogP contribution >= 0.6 is 0 Å². The Hall–Kier alpha value is -2.11. The van der Waals surface area contributed by atoms with E-state index in [0.717, 1.165) is 31.3 Å². The average molecular weight is 386 g/mol. The zero-order valence-electron chi connectivity index (χ0n) is 17.4. The van der Waals surface area contributed by atoms with E-state index >= 15 is 0 Å². The average Bonchev–Trinajstić information content (AvgIpc) is 3.04. The maximum absolute atomic E-state index is 12.1. The van der Waals surface area contributed by atoms with Crippen molar-refractivity contribution in [1.82, 2.24) is 0 Å². The van der Waals surface area contributed by atoms with Gasteiger partial charge < -0.3 is 5.11 Å². The van der Waals surface area contributed by atoms with Crippen LogP contribution in [0.25, 0.3) is 0 Å². The first-order valence-electron chi connectivity index (χ1n) is 11.1. The molecule has 0 aromatic heterocycles. The number of hydrogen-bond acceptors (Lipinski definition) is 2. The first-order valence-corrected chi connectivity index (χ1v) is 11.1. The second kappa shape index (κ2) is 6.99. The molecule has 1 aromatic carbocycles. The summed E-state index contributed by atoms with van der Waals surface area (Å²) in [5.74, 6) is 8.19. The molecule has 0 heterocycles. The Bertz CT molecular complexity index is 957. The summed E-state index contributed by atoms with van der Waals surface area (Å²) in [7, 11) is 0. The van der Waals surface area contributed by atoms with E-state index in [2.05, 4.69) is 37.0 Å². The fraction of sp³-hybridized carbons (Fsp3) is 0.519. The van der Waals surface area contributed by atoms with E-state index in [1.54, 1.807) is 0 Å². The number of aliphatic hydroxyl groups excluding tert-OH is 1. The summed E-state index contributed by atoms with van der Waals surface area (Å²) in [6.07, 6.45) is 6.77. The Morgan fingerprint density at radius 2 is 2.10 bits per heavy atom. The maximum Gasteiger partial charge on any atom is 0.156 e. The van der Waals surface area contributed by atoms with Crippen LogP contribution in [-0.2, 0) is 4.79 Å². The van der Waals surface area contributed by atoms with Crippen molar-refractivity contribution in [2.24, 2.45) is 23.2 Å². The van der Waals surface area contributed by atoms with Crippen molar-refractivity contribution in [3.05, 3.63) is 58.7 Å². The number of allylic oxidation sites excluding steroid dienone is 2. The van der Waals surface area contributed by atoms with Crippen LogP contribution in [0.4, 0.5) is 0 Å². The van der Waals surface area contributed by atoms with Gasteiger partial charge in [-0.2, -0.15) is 0 Å². The monoisotopic (exact) mass is 385 g/mol. The van der Waals surface area contributed by atoms with Crippen LogP contribution in [0, 0.1) is 41.1 Å². The third kappa shape index (κ3) is 2.86. The summed E-state index contributed by atoms with van der Waals surface area (Å²) < 4.78 is 0. The van der Waals surface area contributed by atoms with Crippen LogP contribution in [0.1, 0.15) is 63.9 Å². The first-order chi connectivity index (χ1) is 14.0. The van der Waals surface area contributed by atoms with Gasteiger partial charge in [0.25, 0.3) is 0 Å². The molecular formula is C27H29O2. The van der Waals surface area contributed by atoms with Gasteiger partial charge in [-0.15, -0.1) is 5.92 Å². The lowest BCUT2D eigenvalue weighted by Crippen LogP contribution is -2.48. The molecule has 4 aliphatic carbocycles. The molecule has 2 heteroatoms. The van der Waals surface area contributed by atoms with E-state index < -0.39 is 6.10 Å². The van der Waals surface area contributed by atoms with Crippen molar-refractivity contribution in [2.45, 2.75) is 64.4 Å². The van der Waals surface area contributed by atoms with Crippen molar-refractivity contribution in [1.29, 1.82) is 0 Å². The number of carbonyl (C=O) groups excluding carboxylic acids is 1. The number of carbonyl (C=O) groups is 1. The van der Waals surface area contributed by atoms with Gasteiger partial charge >= 0.3 is 0 Å². The van der Waals surface area contributed by atoms with Crippen molar-refractivity contribution >= 4 is 5.78 Å². The first kappa shape index (κ1) is 18.9. The van der Waals surface area contributed by atoms with Gasteiger partial charge in [0.15, 0.2) is 5.78 Å². The molecule has 1 radical (unpaired) electrons. The minimum atomic E-state index is -0.407. The van der Waals surface area contributed by atoms with Gasteiger partial charge in [0, 0.05) is 24.2 Å². The van der Waals surface area contributed by atoms with Crippen LogP contribution in [0.2, 0.25) is 0 Å². The maximum atomic E-state index is 12.1. The summed E-state index contributed by atoms with van der Waals surface area (Å²) >= 11 is 0. The lowest BCUT2D eigenvalue weighted by molar-refractivity contribution is -0.114. The third-order valence-electron chi connectivity index (χ3n) is 8.18. The van der Waals surface area contributed by atoms with E-state index in [1.807, 2.05) is 25.1 Å². The second-order valence-electron chi connectivity index (χ2n) is 9.58. The molecule has 3 unspecified atom stereocenters. The zero-order valence-corrected chi connectivity index (χ0v) is 17.4. The fourth-order valence-corrected chi connectivity index (χ4v) is 6.97. The van der Waals surface area contributed by atoms with Crippen LogP contribution in [0.15, 0.2) is 47.1 Å². The molecule has 0 amide bonds. The topological polar surface area (TPSA) is 37.3 Å². The van der Waals surface area contributed by atoms with Crippen LogP contribution in [0.3, 0.4) is 0 Å². The predicted octanol–water partition coefficient (Wildman–Crippen LogP) is 5.00. The smallest absolute Gasteiger partial charge is 0.156 e. The number of fused-ring (bicyclic) bond motifs is 4. The summed E-state index contributed by atoms with van der Waals surface area (Å²) in [5.41, 5.74) is 5.21. The molecule has 4 aliphatic rings. The molecule has 0 bridgehead atoms. The Morgan fingerprint density at radius 3 is 2.86 bits per heavy atom. The van der Waals surface area contributed by atoms with Gasteiger partial charge in [0.1, 0.15) is 0 Å². The molecule has 0 saturated heterocycles. The largest absolute Gasteiger partial charge is 0.392 e. The molecule has 6 atom stereocenters. The quantitative estimate of drug-likeness (QED) is 0.691. The normalized spacial score (nSPS) is 38.4. The fourth-order valence-electron chi connectivity index (χ4n) is 6.97. The predicted molar refractivity (Wildman–Crippen MR) is 114 cm³/mol. The van der Waals surface area contributed by atoms with Gasteiger partial charge in [-0.05, 0) is 79.2 Å². The van der Waals surface area contributed by atoms with Gasteiger partial charge in [-0.3, -0.25) is 4.79 Å². The van der Waals surface area contributed by atoms with E-state index in [1.165, 1.54) is 16.7 Å². The lowest BCUT2D eigenvalue weighted by atomic mass is 9.51. The summed E-state index contributed by atoms with van der Waals surface area (Å²) in [4.78, 5) is 12.1. The molecule has 1 aromatic rings. The Balaban J connectivity index is 1.71. The summed E-state index contributed by atoms with van der Waals surface area (Å²) in [5, 5.41) is 11.3. The van der Waals surface area contributed by atoms with E-state index in [9.17, 15) is 9.90 Å². The van der Waals surface area contributed by atoms with Crippen molar-refractivity contribution in [2.75, 3.05) is 0 Å². The molecular weight excluding hydrogens is 356 g/mol. The molecule has 29 heavy (non-hydrogen) atoms. The number of ketones is 1. The minimum absolute atomic E-state index is 0.110. The van der Waals surface area contributed by atoms with Gasteiger partial charge in [0.05, 0.1) is 6.10 Å². The standard InChI is InChI=1S/C27H29O2/c1-3-7-19-10-13-23-26-24(29)15-18-14-20(28)11-12-21(18)25(26)22(16-27(19,23)2)17-8-5-4-6-9-17/h4-6,8,14,19,22-24,26,29H,10-13,15-16H2,1-2H3/t19?,22?,23-,24?,26+,27+/m0/s1. The van der Waals surface area contributed by atoms with E-state index in [-0.39, 0.29) is 23.0 Å². The number of hydrogen-bond donors (Lipinski definition) is 1. The molecule has 0 aliphatic heterocycles. The highest BCUT2D eigenvalue weighted by atomic mass is 16.3. The molecule has 149 valence electrons. The second-order valence-corrected chi connectivity index (χ2v) is 9.58. The third-order valence-corrected chi connectivity index (χ3v) is 8.18. The van der Waals surface area contributed by atoms with Gasteiger partial charge in [-0.25, -0.2) is 0 Å². The van der Waals surface area contributed by atoms with Gasteiger partial charge in [0.2, 0.25) is 0 Å². The van der Waals surface area contributed by atoms with Crippen molar-refractivity contribution in [3.63, 3.8) is 0 Å². The lowest BCUT2D eigenvalue weighted by Gasteiger charge is -2.53. The summed E-state index contributed by atoms with van der Waals surface area (Å²) in [6, 6.07) is 11.8. The van der Waals surface area contributed by atoms with Crippen LogP contribution in [0.5, 0.6) is 0 Å². The molecule has 2 saturated carbocycles. The number of rotatable bonds is 1. The molecule has 2 fully saturated rings. The van der Waals surface area contributed by atoms with E-state index in [0.29, 0.717) is 24.7 Å². The Morgan fingerprint density at radius 1 is 1.24 bits per heavy atom. The number of aliphatic hydroxyl groups is 1. The van der Waals surface area contributed by atoms with Crippen molar-refractivity contribution < 1.29 is 9.90 Å². The molecule has 0 spiro atoms. The highest BCUT2D eigenvalue weighted by Gasteiger charge is 2.58. The Kier molecular flexibility index (Phi) is 4.56. The highest BCUT2D eigenvalue weighted by molar-refractivity contribution is 5.93. The molecule has 5 rings (SSSR count).